The lowest BCUT2D eigenvalue weighted by Crippen LogP contribution is -2.26. The number of hydrogen-bond donors (Lipinski definition) is 2. The number of nitrogens with one attached hydrogen (secondary N) is 1. The summed E-state index contributed by atoms with van der Waals surface area (Å²) < 4.78 is 5.26. The topological polar surface area (TPSA) is 58.6 Å². The van der Waals surface area contributed by atoms with E-state index >= 15 is 0 Å². The highest BCUT2D eigenvalue weighted by atomic mass is 35.5. The van der Waals surface area contributed by atoms with E-state index in [9.17, 15) is 9.90 Å². The van der Waals surface area contributed by atoms with Crippen LogP contribution in [-0.4, -0.2) is 24.7 Å². The van der Waals surface area contributed by atoms with Gasteiger partial charge in [0.05, 0.1) is 17.7 Å². The predicted octanol–water partition coefficient (Wildman–Crippen LogP) is 3.03. The predicted molar refractivity (Wildman–Crippen MR) is 82.1 cm³/mol. The van der Waals surface area contributed by atoms with Gasteiger partial charge in [-0.25, -0.2) is 0 Å². The van der Waals surface area contributed by atoms with E-state index in [1.54, 1.807) is 7.11 Å². The summed E-state index contributed by atoms with van der Waals surface area (Å²) in [6.07, 6.45) is 0.645. The minimum absolute atomic E-state index is 0.00859. The normalized spacial score (nSPS) is 10.2. The van der Waals surface area contributed by atoms with Crippen LogP contribution in [0.4, 0.5) is 0 Å². The molecule has 1 amide bonds. The van der Waals surface area contributed by atoms with Gasteiger partial charge in [-0.15, -0.1) is 0 Å². The van der Waals surface area contributed by atoms with Gasteiger partial charge in [0.25, 0.3) is 5.91 Å². The van der Waals surface area contributed by atoms with E-state index in [-0.39, 0.29) is 17.2 Å². The summed E-state index contributed by atoms with van der Waals surface area (Å²) >= 11 is 5.94. The molecule has 5 heteroatoms. The molecular formula is C16H16ClNO3. The molecule has 21 heavy (non-hydrogen) atoms. The largest absolute Gasteiger partial charge is 0.508 e. The zero-order chi connectivity index (χ0) is 15.2. The van der Waals surface area contributed by atoms with Crippen LogP contribution in [0.1, 0.15) is 15.9 Å². The van der Waals surface area contributed by atoms with Crippen LogP contribution in [0.3, 0.4) is 0 Å². The molecule has 0 aliphatic heterocycles. The van der Waals surface area contributed by atoms with Gasteiger partial charge in [-0.2, -0.15) is 0 Å². The average molecular weight is 306 g/mol. The molecule has 2 rings (SSSR count). The Morgan fingerprint density at radius 3 is 2.81 bits per heavy atom. The molecule has 4 nitrogen and oxygen atoms in total. The van der Waals surface area contributed by atoms with Gasteiger partial charge in [0.1, 0.15) is 11.5 Å². The molecule has 0 heterocycles. The molecule has 0 radical (unpaired) electrons. The number of rotatable bonds is 5. The number of aromatic hydroxyl groups is 1. The number of amides is 1. The highest BCUT2D eigenvalue weighted by Crippen LogP contribution is 2.21. The fourth-order valence-corrected chi connectivity index (χ4v) is 2.21. The number of para-hydroxylation sites is 1. The van der Waals surface area contributed by atoms with E-state index in [2.05, 4.69) is 5.32 Å². The van der Waals surface area contributed by atoms with Gasteiger partial charge >= 0.3 is 0 Å². The first-order chi connectivity index (χ1) is 10.1. The summed E-state index contributed by atoms with van der Waals surface area (Å²) in [7, 11) is 1.62. The highest BCUT2D eigenvalue weighted by molar-refractivity contribution is 6.33. The standard InChI is InChI=1S/C16H16ClNO3/c1-21-15-5-3-2-4-11(15)8-9-18-16(20)13-10-12(19)6-7-14(13)17/h2-7,10,19H,8-9H2,1H3,(H,18,20). The lowest BCUT2D eigenvalue weighted by atomic mass is 10.1. The molecule has 0 fully saturated rings. The summed E-state index contributed by atoms with van der Waals surface area (Å²) in [5, 5.41) is 12.5. The quantitative estimate of drug-likeness (QED) is 0.892. The molecular weight excluding hydrogens is 290 g/mol. The van der Waals surface area contributed by atoms with Gasteiger partial charge in [0.15, 0.2) is 0 Å². The van der Waals surface area contributed by atoms with Gasteiger partial charge < -0.3 is 15.2 Å². The molecule has 0 aromatic heterocycles. The number of halogens is 1. The Bertz CT molecular complexity index is 643. The van der Waals surface area contributed by atoms with Gasteiger partial charge in [-0.1, -0.05) is 29.8 Å². The zero-order valence-corrected chi connectivity index (χ0v) is 12.4. The Morgan fingerprint density at radius 2 is 2.05 bits per heavy atom. The van der Waals surface area contributed by atoms with Crippen LogP contribution in [0.25, 0.3) is 0 Å². The number of methoxy groups -OCH3 is 1. The van der Waals surface area contributed by atoms with Crippen molar-refractivity contribution in [2.75, 3.05) is 13.7 Å². The molecule has 0 aliphatic carbocycles. The molecule has 0 aliphatic rings. The summed E-state index contributed by atoms with van der Waals surface area (Å²) in [5.74, 6) is 0.488. The van der Waals surface area contributed by atoms with Crippen molar-refractivity contribution in [1.82, 2.24) is 5.32 Å². The molecule has 0 spiro atoms. The second kappa shape index (κ2) is 6.99. The smallest absolute Gasteiger partial charge is 0.252 e. The van der Waals surface area contributed by atoms with Crippen molar-refractivity contribution in [1.29, 1.82) is 0 Å². The van der Waals surface area contributed by atoms with Crippen molar-refractivity contribution in [3.05, 3.63) is 58.6 Å². The fourth-order valence-electron chi connectivity index (χ4n) is 2.00. The van der Waals surface area contributed by atoms with Crippen LogP contribution >= 0.6 is 11.6 Å². The first-order valence-corrected chi connectivity index (χ1v) is 6.88. The molecule has 2 aromatic rings. The monoisotopic (exact) mass is 305 g/mol. The van der Waals surface area contributed by atoms with Gasteiger partial charge in [0, 0.05) is 6.54 Å². The summed E-state index contributed by atoms with van der Waals surface area (Å²) in [4.78, 5) is 12.0. The zero-order valence-electron chi connectivity index (χ0n) is 11.6. The third-order valence-corrected chi connectivity index (χ3v) is 3.40. The molecule has 0 saturated carbocycles. The van der Waals surface area contributed by atoms with Crippen molar-refractivity contribution >= 4 is 17.5 Å². The lowest BCUT2D eigenvalue weighted by Gasteiger charge is -2.10. The first-order valence-electron chi connectivity index (χ1n) is 6.50. The second-order valence-electron chi connectivity index (χ2n) is 4.48. The minimum atomic E-state index is -0.314. The Morgan fingerprint density at radius 1 is 1.29 bits per heavy atom. The molecule has 0 unspecified atom stereocenters. The van der Waals surface area contributed by atoms with Crippen molar-refractivity contribution in [2.45, 2.75) is 6.42 Å². The minimum Gasteiger partial charge on any atom is -0.508 e. The van der Waals surface area contributed by atoms with Crippen LogP contribution in [0.2, 0.25) is 5.02 Å². The molecule has 2 N–H and O–H groups in total. The first kappa shape index (κ1) is 15.2. The number of hydrogen-bond acceptors (Lipinski definition) is 3. The fraction of sp³-hybridized carbons (Fsp3) is 0.188. The number of carbonyl (C=O) groups excluding carboxylic acids is 1. The third kappa shape index (κ3) is 3.89. The van der Waals surface area contributed by atoms with E-state index < -0.39 is 0 Å². The van der Waals surface area contributed by atoms with Crippen LogP contribution in [0.5, 0.6) is 11.5 Å². The number of benzene rings is 2. The Kier molecular flexibility index (Phi) is 5.06. The van der Waals surface area contributed by atoms with E-state index in [1.807, 2.05) is 24.3 Å². The van der Waals surface area contributed by atoms with Crippen molar-refractivity contribution in [2.24, 2.45) is 0 Å². The highest BCUT2D eigenvalue weighted by Gasteiger charge is 2.11. The summed E-state index contributed by atoms with van der Waals surface area (Å²) in [6, 6.07) is 11.9. The molecule has 0 atom stereocenters. The number of ether oxygens (including phenoxy) is 1. The molecule has 110 valence electrons. The average Bonchev–Trinajstić information content (AvgIpc) is 2.50. The second-order valence-corrected chi connectivity index (χ2v) is 4.89. The van der Waals surface area contributed by atoms with E-state index in [0.717, 1.165) is 11.3 Å². The Labute approximate surface area is 128 Å². The third-order valence-electron chi connectivity index (χ3n) is 3.07. The van der Waals surface area contributed by atoms with E-state index in [1.165, 1.54) is 18.2 Å². The number of phenolic OH excluding ortho intramolecular Hbond substituents is 1. The summed E-state index contributed by atoms with van der Waals surface area (Å²) in [5.41, 5.74) is 1.28. The van der Waals surface area contributed by atoms with Crippen LogP contribution < -0.4 is 10.1 Å². The number of carbonyl (C=O) groups is 1. The van der Waals surface area contributed by atoms with Crippen LogP contribution in [0, 0.1) is 0 Å². The van der Waals surface area contributed by atoms with Gasteiger partial charge in [0.2, 0.25) is 0 Å². The van der Waals surface area contributed by atoms with Crippen molar-refractivity contribution < 1.29 is 14.6 Å². The van der Waals surface area contributed by atoms with Crippen LogP contribution in [0.15, 0.2) is 42.5 Å². The van der Waals surface area contributed by atoms with E-state index in [4.69, 9.17) is 16.3 Å². The Hall–Kier alpha value is -2.20. The van der Waals surface area contributed by atoms with E-state index in [0.29, 0.717) is 18.0 Å². The van der Waals surface area contributed by atoms with Gasteiger partial charge in [-0.3, -0.25) is 4.79 Å². The number of phenols is 1. The summed E-state index contributed by atoms with van der Waals surface area (Å²) in [6.45, 7) is 0.450. The van der Waals surface area contributed by atoms with Crippen molar-refractivity contribution in [3.8, 4) is 11.5 Å². The molecule has 0 bridgehead atoms. The maximum atomic E-state index is 12.0. The maximum Gasteiger partial charge on any atom is 0.252 e. The van der Waals surface area contributed by atoms with Crippen molar-refractivity contribution in [3.63, 3.8) is 0 Å². The lowest BCUT2D eigenvalue weighted by molar-refractivity contribution is 0.0954. The Balaban J connectivity index is 1.97. The van der Waals surface area contributed by atoms with Gasteiger partial charge in [-0.05, 0) is 36.2 Å². The SMILES string of the molecule is COc1ccccc1CCNC(=O)c1cc(O)ccc1Cl. The molecule has 0 saturated heterocycles. The van der Waals surface area contributed by atoms with Crippen LogP contribution in [-0.2, 0) is 6.42 Å². The maximum absolute atomic E-state index is 12.0. The molecule has 2 aromatic carbocycles.